The SMILES string of the molecule is CC1CN(C(=O)CCC(=O)N(CCC#N)c2ccccc2)CC(c2ccccc2)O1. The molecular formula is C24H27N3O3. The zero-order valence-electron chi connectivity index (χ0n) is 17.2. The van der Waals surface area contributed by atoms with Crippen molar-refractivity contribution < 1.29 is 14.3 Å². The number of morpholine rings is 1. The Bertz CT molecular complexity index is 880. The number of nitriles is 1. The normalized spacial score (nSPS) is 18.5. The number of anilines is 1. The van der Waals surface area contributed by atoms with Gasteiger partial charge >= 0.3 is 0 Å². The first-order valence-electron chi connectivity index (χ1n) is 10.3. The van der Waals surface area contributed by atoms with Crippen molar-refractivity contribution in [3.63, 3.8) is 0 Å². The Labute approximate surface area is 177 Å². The predicted octanol–water partition coefficient (Wildman–Crippen LogP) is 3.70. The number of benzene rings is 2. The fraction of sp³-hybridized carbons (Fsp3) is 0.375. The van der Waals surface area contributed by atoms with E-state index in [1.165, 1.54) is 0 Å². The van der Waals surface area contributed by atoms with Crippen LogP contribution in [0.3, 0.4) is 0 Å². The third kappa shape index (κ3) is 5.68. The molecule has 0 aromatic heterocycles. The number of carbonyl (C=O) groups is 2. The van der Waals surface area contributed by atoms with Gasteiger partial charge in [0.15, 0.2) is 0 Å². The molecule has 1 fully saturated rings. The topological polar surface area (TPSA) is 73.6 Å². The van der Waals surface area contributed by atoms with E-state index in [0.29, 0.717) is 19.6 Å². The Morgan fingerprint density at radius 1 is 1.07 bits per heavy atom. The fourth-order valence-electron chi connectivity index (χ4n) is 3.68. The molecule has 2 amide bonds. The van der Waals surface area contributed by atoms with Gasteiger partial charge in [-0.3, -0.25) is 9.59 Å². The van der Waals surface area contributed by atoms with E-state index in [0.717, 1.165) is 11.3 Å². The predicted molar refractivity (Wildman–Crippen MR) is 115 cm³/mol. The second-order valence-corrected chi connectivity index (χ2v) is 7.43. The second-order valence-electron chi connectivity index (χ2n) is 7.43. The second kappa shape index (κ2) is 10.6. The highest BCUT2D eigenvalue weighted by molar-refractivity contribution is 5.95. The number of ether oxygens (including phenoxy) is 1. The van der Waals surface area contributed by atoms with E-state index in [-0.39, 0.29) is 43.3 Å². The summed E-state index contributed by atoms with van der Waals surface area (Å²) in [5.74, 6) is -0.196. The smallest absolute Gasteiger partial charge is 0.227 e. The minimum atomic E-state index is -0.161. The fourth-order valence-corrected chi connectivity index (χ4v) is 3.68. The lowest BCUT2D eigenvalue weighted by molar-refractivity contribution is -0.145. The lowest BCUT2D eigenvalue weighted by Gasteiger charge is -2.37. The maximum Gasteiger partial charge on any atom is 0.227 e. The van der Waals surface area contributed by atoms with Crippen LogP contribution in [0.15, 0.2) is 60.7 Å². The van der Waals surface area contributed by atoms with Crippen LogP contribution >= 0.6 is 0 Å². The van der Waals surface area contributed by atoms with Crippen molar-refractivity contribution in [3.8, 4) is 6.07 Å². The van der Waals surface area contributed by atoms with Gasteiger partial charge in [-0.05, 0) is 24.6 Å². The summed E-state index contributed by atoms with van der Waals surface area (Å²) in [7, 11) is 0. The first-order valence-corrected chi connectivity index (χ1v) is 10.3. The molecule has 0 bridgehead atoms. The highest BCUT2D eigenvalue weighted by atomic mass is 16.5. The Kier molecular flexibility index (Phi) is 7.58. The van der Waals surface area contributed by atoms with Crippen LogP contribution in [-0.2, 0) is 14.3 Å². The van der Waals surface area contributed by atoms with Gasteiger partial charge in [-0.2, -0.15) is 5.26 Å². The molecular weight excluding hydrogens is 378 g/mol. The first-order chi connectivity index (χ1) is 14.6. The van der Waals surface area contributed by atoms with Crippen LogP contribution in [0.4, 0.5) is 5.69 Å². The van der Waals surface area contributed by atoms with Crippen molar-refractivity contribution in [2.75, 3.05) is 24.5 Å². The van der Waals surface area contributed by atoms with E-state index in [9.17, 15) is 9.59 Å². The molecule has 0 aliphatic carbocycles. The molecule has 0 saturated carbocycles. The Balaban J connectivity index is 1.60. The summed E-state index contributed by atoms with van der Waals surface area (Å²) in [6, 6.07) is 21.2. The maximum absolute atomic E-state index is 12.8. The molecule has 2 unspecified atom stereocenters. The van der Waals surface area contributed by atoms with Gasteiger partial charge in [0.1, 0.15) is 6.10 Å². The van der Waals surface area contributed by atoms with E-state index in [2.05, 4.69) is 6.07 Å². The number of nitrogens with zero attached hydrogens (tertiary/aromatic N) is 3. The zero-order valence-corrected chi connectivity index (χ0v) is 17.2. The van der Waals surface area contributed by atoms with Crippen molar-refractivity contribution in [3.05, 3.63) is 66.2 Å². The molecule has 30 heavy (non-hydrogen) atoms. The van der Waals surface area contributed by atoms with E-state index >= 15 is 0 Å². The number of hydrogen-bond donors (Lipinski definition) is 0. The van der Waals surface area contributed by atoms with Gasteiger partial charge in [0.25, 0.3) is 0 Å². The Morgan fingerprint density at radius 3 is 2.40 bits per heavy atom. The van der Waals surface area contributed by atoms with Crippen LogP contribution in [0.1, 0.15) is 37.9 Å². The Morgan fingerprint density at radius 2 is 1.73 bits per heavy atom. The third-order valence-electron chi connectivity index (χ3n) is 5.15. The van der Waals surface area contributed by atoms with Crippen molar-refractivity contribution in [1.82, 2.24) is 4.90 Å². The quantitative estimate of drug-likeness (QED) is 0.704. The molecule has 3 rings (SSSR count). The van der Waals surface area contributed by atoms with Crippen molar-refractivity contribution in [2.45, 2.75) is 38.4 Å². The van der Waals surface area contributed by atoms with E-state index < -0.39 is 0 Å². The molecule has 2 aromatic carbocycles. The van der Waals surface area contributed by atoms with Gasteiger partial charge in [0.05, 0.1) is 25.1 Å². The summed E-state index contributed by atoms with van der Waals surface area (Å²) in [6.45, 7) is 3.28. The van der Waals surface area contributed by atoms with Crippen molar-refractivity contribution >= 4 is 17.5 Å². The molecule has 1 aliphatic rings. The van der Waals surface area contributed by atoms with Crippen LogP contribution in [0.5, 0.6) is 0 Å². The summed E-state index contributed by atoms with van der Waals surface area (Å²) < 4.78 is 6.02. The van der Waals surface area contributed by atoms with Crippen LogP contribution in [0.25, 0.3) is 0 Å². The lowest BCUT2D eigenvalue weighted by atomic mass is 10.1. The molecule has 156 valence electrons. The molecule has 1 aliphatic heterocycles. The summed E-state index contributed by atoms with van der Waals surface area (Å²) in [5.41, 5.74) is 1.79. The van der Waals surface area contributed by atoms with Crippen LogP contribution in [0, 0.1) is 11.3 Å². The van der Waals surface area contributed by atoms with Gasteiger partial charge in [-0.25, -0.2) is 0 Å². The first kappa shape index (κ1) is 21.5. The van der Waals surface area contributed by atoms with Gasteiger partial charge in [0.2, 0.25) is 11.8 Å². The van der Waals surface area contributed by atoms with Crippen LogP contribution < -0.4 is 4.90 Å². The van der Waals surface area contributed by atoms with Crippen LogP contribution in [-0.4, -0.2) is 42.5 Å². The van der Waals surface area contributed by atoms with Crippen molar-refractivity contribution in [1.29, 1.82) is 5.26 Å². The van der Waals surface area contributed by atoms with E-state index in [1.54, 1.807) is 9.80 Å². The number of hydrogen-bond acceptors (Lipinski definition) is 4. The molecule has 0 spiro atoms. The largest absolute Gasteiger partial charge is 0.367 e. The molecule has 1 saturated heterocycles. The summed E-state index contributed by atoms with van der Waals surface area (Å²) >= 11 is 0. The highest BCUT2D eigenvalue weighted by Crippen LogP contribution is 2.25. The monoisotopic (exact) mass is 405 g/mol. The minimum Gasteiger partial charge on any atom is -0.367 e. The molecule has 2 atom stereocenters. The van der Waals surface area contributed by atoms with Crippen molar-refractivity contribution in [2.24, 2.45) is 0 Å². The standard InChI is InChI=1S/C24H27N3O3/c1-19-17-26(18-22(30-19)20-9-4-2-5-10-20)23(28)13-14-24(29)27(16-8-15-25)21-11-6-3-7-12-21/h2-7,9-12,19,22H,8,13-14,16-18H2,1H3. The number of rotatable bonds is 7. The molecule has 6 nitrogen and oxygen atoms in total. The summed E-state index contributed by atoms with van der Waals surface area (Å²) in [4.78, 5) is 29.0. The average Bonchev–Trinajstić information content (AvgIpc) is 2.78. The van der Waals surface area contributed by atoms with Gasteiger partial charge in [0, 0.05) is 31.6 Å². The molecule has 6 heteroatoms. The van der Waals surface area contributed by atoms with Gasteiger partial charge in [-0.1, -0.05) is 48.5 Å². The zero-order chi connectivity index (χ0) is 21.3. The molecule has 1 heterocycles. The molecule has 2 aromatic rings. The minimum absolute atomic E-state index is 0.0484. The highest BCUT2D eigenvalue weighted by Gasteiger charge is 2.29. The van der Waals surface area contributed by atoms with E-state index in [1.807, 2.05) is 67.6 Å². The van der Waals surface area contributed by atoms with Gasteiger partial charge < -0.3 is 14.5 Å². The number of carbonyl (C=O) groups excluding carboxylic acids is 2. The lowest BCUT2D eigenvalue weighted by Crippen LogP contribution is -2.46. The van der Waals surface area contributed by atoms with Gasteiger partial charge in [-0.15, -0.1) is 0 Å². The third-order valence-corrected chi connectivity index (χ3v) is 5.15. The Hall–Kier alpha value is -3.17. The summed E-state index contributed by atoms with van der Waals surface area (Å²) in [6.07, 6.45) is 0.268. The molecule has 0 N–H and O–H groups in total. The summed E-state index contributed by atoms with van der Waals surface area (Å²) in [5, 5.41) is 8.92. The number of para-hydroxylation sites is 1. The average molecular weight is 405 g/mol. The molecule has 0 radical (unpaired) electrons. The van der Waals surface area contributed by atoms with E-state index in [4.69, 9.17) is 10.00 Å². The number of amides is 2. The maximum atomic E-state index is 12.8. The van der Waals surface area contributed by atoms with Crippen LogP contribution in [0.2, 0.25) is 0 Å².